The number of carbonyl (C=O) groups excluding carboxylic acids is 1. The highest BCUT2D eigenvalue weighted by atomic mass is 16.6. The Kier molecular flexibility index (Phi) is 4.63. The summed E-state index contributed by atoms with van der Waals surface area (Å²) in [6.07, 6.45) is 0. The van der Waals surface area contributed by atoms with Crippen LogP contribution in [0.5, 0.6) is 5.75 Å². The van der Waals surface area contributed by atoms with Gasteiger partial charge in [-0.15, -0.1) is 0 Å². The number of benzene rings is 1. The van der Waals surface area contributed by atoms with Gasteiger partial charge in [-0.25, -0.2) is 0 Å². The third-order valence-corrected chi connectivity index (χ3v) is 2.57. The Morgan fingerprint density at radius 3 is 2.63 bits per heavy atom. The highest BCUT2D eigenvalue weighted by molar-refractivity contribution is 5.98. The van der Waals surface area contributed by atoms with E-state index in [1.165, 1.54) is 17.0 Å². The second kappa shape index (κ2) is 5.99. The number of nitro benzene ring substituents is 1. The minimum absolute atomic E-state index is 0.0719. The highest BCUT2D eigenvalue weighted by Crippen LogP contribution is 2.30. The van der Waals surface area contributed by atoms with Gasteiger partial charge in [-0.1, -0.05) is 18.2 Å². The number of para-hydroxylation sites is 1. The van der Waals surface area contributed by atoms with Crippen LogP contribution in [0.4, 0.5) is 5.69 Å². The van der Waals surface area contributed by atoms with Crippen molar-refractivity contribution in [2.24, 2.45) is 0 Å². The molecular weight excluding hydrogens is 248 g/mol. The van der Waals surface area contributed by atoms with Crippen molar-refractivity contribution in [1.29, 1.82) is 0 Å². The van der Waals surface area contributed by atoms with E-state index >= 15 is 0 Å². The minimum Gasteiger partial charge on any atom is -0.502 e. The summed E-state index contributed by atoms with van der Waals surface area (Å²) >= 11 is 0. The third-order valence-electron chi connectivity index (χ3n) is 2.57. The lowest BCUT2D eigenvalue weighted by atomic mass is 10.1. The SMILES string of the molecule is C=C(C)CN(CC)C(=O)c1cccc([N+](=O)[O-])c1O. The zero-order chi connectivity index (χ0) is 14.6. The van der Waals surface area contributed by atoms with Gasteiger partial charge in [0.15, 0.2) is 0 Å². The molecule has 0 atom stereocenters. The molecule has 1 rings (SSSR count). The third kappa shape index (κ3) is 3.31. The maximum atomic E-state index is 12.2. The number of phenolic OH excluding ortho intramolecular Hbond substituents is 1. The average molecular weight is 264 g/mol. The maximum Gasteiger partial charge on any atom is 0.311 e. The number of phenols is 1. The molecule has 19 heavy (non-hydrogen) atoms. The van der Waals surface area contributed by atoms with Gasteiger partial charge < -0.3 is 10.0 Å². The van der Waals surface area contributed by atoms with Gasteiger partial charge in [0, 0.05) is 19.2 Å². The number of likely N-dealkylation sites (N-methyl/N-ethyl adjacent to an activating group) is 1. The molecule has 6 heteroatoms. The fourth-order valence-corrected chi connectivity index (χ4v) is 1.67. The van der Waals surface area contributed by atoms with Crippen molar-refractivity contribution in [2.45, 2.75) is 13.8 Å². The fourth-order valence-electron chi connectivity index (χ4n) is 1.67. The lowest BCUT2D eigenvalue weighted by Crippen LogP contribution is -2.32. The molecule has 0 spiro atoms. The summed E-state index contributed by atoms with van der Waals surface area (Å²) in [5.41, 5.74) is 0.245. The Morgan fingerprint density at radius 2 is 2.16 bits per heavy atom. The molecule has 102 valence electrons. The van der Waals surface area contributed by atoms with E-state index in [0.29, 0.717) is 13.1 Å². The van der Waals surface area contributed by atoms with E-state index < -0.39 is 22.3 Å². The molecule has 0 heterocycles. The molecule has 0 aromatic heterocycles. The summed E-state index contributed by atoms with van der Waals surface area (Å²) in [5, 5.41) is 20.5. The zero-order valence-corrected chi connectivity index (χ0v) is 10.9. The summed E-state index contributed by atoms with van der Waals surface area (Å²) in [7, 11) is 0. The Hall–Kier alpha value is -2.37. The molecule has 0 unspecified atom stereocenters. The smallest absolute Gasteiger partial charge is 0.311 e. The van der Waals surface area contributed by atoms with Crippen LogP contribution >= 0.6 is 0 Å². The second-order valence-electron chi connectivity index (χ2n) is 4.21. The first-order valence-electron chi connectivity index (χ1n) is 5.78. The van der Waals surface area contributed by atoms with Crippen LogP contribution in [0.25, 0.3) is 0 Å². The van der Waals surface area contributed by atoms with Crippen LogP contribution in [0, 0.1) is 10.1 Å². The minimum atomic E-state index is -0.721. The van der Waals surface area contributed by atoms with Gasteiger partial charge in [0.1, 0.15) is 0 Å². The predicted octanol–water partition coefficient (Wildman–Crippen LogP) is 2.34. The van der Waals surface area contributed by atoms with Crippen LogP contribution in [0.15, 0.2) is 30.4 Å². The number of carbonyl (C=O) groups is 1. The summed E-state index contributed by atoms with van der Waals surface area (Å²) < 4.78 is 0. The molecule has 1 amide bonds. The maximum absolute atomic E-state index is 12.2. The summed E-state index contributed by atoms with van der Waals surface area (Å²) in [6, 6.07) is 3.90. The van der Waals surface area contributed by atoms with E-state index in [2.05, 4.69) is 6.58 Å². The Morgan fingerprint density at radius 1 is 1.53 bits per heavy atom. The molecule has 1 N–H and O–H groups in total. The Bertz CT molecular complexity index is 525. The van der Waals surface area contributed by atoms with Gasteiger partial charge in [0.25, 0.3) is 5.91 Å². The van der Waals surface area contributed by atoms with Crippen LogP contribution in [0.2, 0.25) is 0 Å². The fraction of sp³-hybridized carbons (Fsp3) is 0.308. The van der Waals surface area contributed by atoms with Crippen LogP contribution in [0.1, 0.15) is 24.2 Å². The topological polar surface area (TPSA) is 83.7 Å². The van der Waals surface area contributed by atoms with Crippen LogP contribution in [0.3, 0.4) is 0 Å². The number of nitrogens with zero attached hydrogens (tertiary/aromatic N) is 2. The van der Waals surface area contributed by atoms with E-state index in [0.717, 1.165) is 11.6 Å². The first-order chi connectivity index (χ1) is 8.88. The lowest BCUT2D eigenvalue weighted by Gasteiger charge is -2.21. The molecule has 0 radical (unpaired) electrons. The quantitative estimate of drug-likeness (QED) is 0.502. The average Bonchev–Trinajstić information content (AvgIpc) is 2.34. The van der Waals surface area contributed by atoms with Gasteiger partial charge in [-0.2, -0.15) is 0 Å². The molecule has 1 aromatic rings. The summed E-state index contributed by atoms with van der Waals surface area (Å²) in [4.78, 5) is 23.7. The summed E-state index contributed by atoms with van der Waals surface area (Å²) in [5.74, 6) is -1.05. The molecule has 0 saturated heterocycles. The molecule has 0 aliphatic heterocycles. The van der Waals surface area contributed by atoms with Crippen molar-refractivity contribution < 1.29 is 14.8 Å². The van der Waals surface area contributed by atoms with Gasteiger partial charge >= 0.3 is 5.69 Å². The van der Waals surface area contributed by atoms with Crippen LogP contribution in [-0.4, -0.2) is 33.9 Å². The van der Waals surface area contributed by atoms with Crippen molar-refractivity contribution in [2.75, 3.05) is 13.1 Å². The van der Waals surface area contributed by atoms with Crippen molar-refractivity contribution >= 4 is 11.6 Å². The molecule has 0 aliphatic rings. The number of rotatable bonds is 5. The molecular formula is C13H16N2O4. The van der Waals surface area contributed by atoms with E-state index in [9.17, 15) is 20.0 Å². The van der Waals surface area contributed by atoms with Crippen molar-refractivity contribution in [1.82, 2.24) is 4.90 Å². The lowest BCUT2D eigenvalue weighted by molar-refractivity contribution is -0.385. The van der Waals surface area contributed by atoms with Crippen molar-refractivity contribution in [3.05, 3.63) is 46.0 Å². The predicted molar refractivity (Wildman–Crippen MR) is 71.2 cm³/mol. The van der Waals surface area contributed by atoms with Crippen molar-refractivity contribution in [3.63, 3.8) is 0 Å². The van der Waals surface area contributed by atoms with Gasteiger partial charge in [0.2, 0.25) is 5.75 Å². The molecule has 1 aromatic carbocycles. The Labute approximate surface area is 111 Å². The highest BCUT2D eigenvalue weighted by Gasteiger charge is 2.23. The van der Waals surface area contributed by atoms with Crippen molar-refractivity contribution in [3.8, 4) is 5.75 Å². The largest absolute Gasteiger partial charge is 0.502 e. The molecule has 0 bridgehead atoms. The van der Waals surface area contributed by atoms with Gasteiger partial charge in [-0.05, 0) is 19.9 Å². The molecule has 0 fully saturated rings. The number of amides is 1. The zero-order valence-electron chi connectivity index (χ0n) is 10.9. The van der Waals surface area contributed by atoms with E-state index in [-0.39, 0.29) is 5.56 Å². The number of nitro groups is 1. The second-order valence-corrected chi connectivity index (χ2v) is 4.21. The van der Waals surface area contributed by atoms with Gasteiger partial charge in [-0.3, -0.25) is 14.9 Å². The number of hydrogen-bond donors (Lipinski definition) is 1. The van der Waals surface area contributed by atoms with Crippen LogP contribution in [-0.2, 0) is 0 Å². The standard InChI is InChI=1S/C13H16N2O4/c1-4-14(8-9(2)3)13(17)10-6-5-7-11(12(10)16)15(18)19/h5-7,16H,2,4,8H2,1,3H3. The van der Waals surface area contributed by atoms with Crippen LogP contribution < -0.4 is 0 Å². The van der Waals surface area contributed by atoms with E-state index in [4.69, 9.17) is 0 Å². The molecule has 0 saturated carbocycles. The number of aromatic hydroxyl groups is 1. The monoisotopic (exact) mass is 264 g/mol. The normalized spacial score (nSPS) is 10.0. The Balaban J connectivity index is 3.15. The molecule has 6 nitrogen and oxygen atoms in total. The van der Waals surface area contributed by atoms with Gasteiger partial charge in [0.05, 0.1) is 10.5 Å². The van der Waals surface area contributed by atoms with E-state index in [1.807, 2.05) is 0 Å². The van der Waals surface area contributed by atoms with E-state index in [1.54, 1.807) is 13.8 Å². The number of hydrogen-bond acceptors (Lipinski definition) is 4. The first kappa shape index (κ1) is 14.7. The molecule has 0 aliphatic carbocycles. The first-order valence-corrected chi connectivity index (χ1v) is 5.78. The summed E-state index contributed by atoms with van der Waals surface area (Å²) in [6.45, 7) is 8.06.